The summed E-state index contributed by atoms with van der Waals surface area (Å²) in [6, 6.07) is 15.9. The Morgan fingerprint density at radius 1 is 1.07 bits per heavy atom. The number of hydrogen-bond acceptors (Lipinski definition) is 2. The summed E-state index contributed by atoms with van der Waals surface area (Å²) in [5.74, 6) is 1.18. The number of anilines is 1. The van der Waals surface area contributed by atoms with Crippen LogP contribution in [0.5, 0.6) is 0 Å². The van der Waals surface area contributed by atoms with Gasteiger partial charge in [-0.15, -0.1) is 0 Å². The van der Waals surface area contributed by atoms with Gasteiger partial charge in [0.25, 0.3) is 0 Å². The van der Waals surface area contributed by atoms with Gasteiger partial charge in [0.2, 0.25) is 0 Å². The lowest BCUT2D eigenvalue weighted by Crippen LogP contribution is -2.41. The van der Waals surface area contributed by atoms with Crippen molar-refractivity contribution in [2.45, 2.75) is 19.4 Å². The molecule has 0 saturated carbocycles. The smallest absolute Gasteiger partial charge is 0.321 e. The van der Waals surface area contributed by atoms with Gasteiger partial charge in [-0.3, -0.25) is 0 Å². The summed E-state index contributed by atoms with van der Waals surface area (Å²) in [7, 11) is 0. The zero-order chi connectivity index (χ0) is 19.3. The van der Waals surface area contributed by atoms with E-state index in [1.807, 2.05) is 35.5 Å². The second-order valence-corrected chi connectivity index (χ2v) is 7.14. The Bertz CT molecular complexity index is 915. The Hall–Kier alpha value is -3.15. The van der Waals surface area contributed by atoms with Gasteiger partial charge in [0.05, 0.1) is 0 Å². The van der Waals surface area contributed by atoms with Crippen molar-refractivity contribution in [3.63, 3.8) is 0 Å². The van der Waals surface area contributed by atoms with E-state index in [0.717, 1.165) is 30.8 Å². The van der Waals surface area contributed by atoms with Gasteiger partial charge in [-0.2, -0.15) is 0 Å². The number of imidazole rings is 1. The number of rotatable bonds is 4. The summed E-state index contributed by atoms with van der Waals surface area (Å²) in [5.41, 5.74) is 1.73. The third kappa shape index (κ3) is 4.22. The summed E-state index contributed by atoms with van der Waals surface area (Å²) in [6.45, 7) is 2.33. The Balaban J connectivity index is 1.32. The predicted molar refractivity (Wildman–Crippen MR) is 107 cm³/mol. The topological polar surface area (TPSA) is 50.2 Å². The molecule has 1 aliphatic rings. The fourth-order valence-corrected chi connectivity index (χ4v) is 3.64. The molecular weight excluding hydrogens is 355 g/mol. The van der Waals surface area contributed by atoms with Crippen LogP contribution in [0.15, 0.2) is 67.0 Å². The maximum absolute atomic E-state index is 13.0. The van der Waals surface area contributed by atoms with Gasteiger partial charge in [0.1, 0.15) is 11.6 Å². The van der Waals surface area contributed by atoms with Crippen molar-refractivity contribution >= 4 is 11.7 Å². The van der Waals surface area contributed by atoms with Gasteiger partial charge < -0.3 is 14.8 Å². The van der Waals surface area contributed by atoms with Crippen molar-refractivity contribution in [2.24, 2.45) is 5.92 Å². The number of hydrogen-bond donors (Lipinski definition) is 1. The standard InChI is InChI=1S/C22H23FN4O/c23-19-6-8-20(9-7-19)25-22(28)26-13-10-17(11-14-26)16-27-15-12-24-21(27)18-4-2-1-3-5-18/h1-9,12,15,17H,10-11,13-14,16H2,(H,25,28). The lowest BCUT2D eigenvalue weighted by atomic mass is 9.97. The summed E-state index contributed by atoms with van der Waals surface area (Å²) < 4.78 is 15.2. The average molecular weight is 378 g/mol. The van der Waals surface area contributed by atoms with E-state index in [1.54, 1.807) is 12.1 Å². The summed E-state index contributed by atoms with van der Waals surface area (Å²) in [4.78, 5) is 18.8. The van der Waals surface area contributed by atoms with Crippen LogP contribution in [0.25, 0.3) is 11.4 Å². The summed E-state index contributed by atoms with van der Waals surface area (Å²) in [6.07, 6.45) is 5.76. The van der Waals surface area contributed by atoms with E-state index in [2.05, 4.69) is 27.0 Å². The number of piperidine rings is 1. The van der Waals surface area contributed by atoms with Gasteiger partial charge >= 0.3 is 6.03 Å². The van der Waals surface area contributed by atoms with E-state index in [-0.39, 0.29) is 11.8 Å². The molecule has 1 aromatic heterocycles. The lowest BCUT2D eigenvalue weighted by Gasteiger charge is -2.32. The molecule has 0 radical (unpaired) electrons. The third-order valence-corrected chi connectivity index (χ3v) is 5.20. The van der Waals surface area contributed by atoms with Crippen LogP contribution in [0.2, 0.25) is 0 Å². The molecule has 4 rings (SSSR count). The minimum Gasteiger partial charge on any atom is -0.331 e. The predicted octanol–water partition coefficient (Wildman–Crippen LogP) is 4.63. The molecule has 1 aliphatic heterocycles. The molecule has 2 heterocycles. The first-order valence-corrected chi connectivity index (χ1v) is 9.57. The number of benzene rings is 2. The van der Waals surface area contributed by atoms with E-state index in [1.165, 1.54) is 12.1 Å². The summed E-state index contributed by atoms with van der Waals surface area (Å²) in [5, 5.41) is 2.83. The highest BCUT2D eigenvalue weighted by Gasteiger charge is 2.23. The van der Waals surface area contributed by atoms with E-state index in [0.29, 0.717) is 24.7 Å². The quantitative estimate of drug-likeness (QED) is 0.719. The molecule has 1 N–H and O–H groups in total. The lowest BCUT2D eigenvalue weighted by molar-refractivity contribution is 0.177. The largest absolute Gasteiger partial charge is 0.331 e. The molecular formula is C22H23FN4O. The number of amides is 2. The van der Waals surface area contributed by atoms with Gasteiger partial charge in [-0.25, -0.2) is 14.2 Å². The Kier molecular flexibility index (Phi) is 5.37. The van der Waals surface area contributed by atoms with Crippen LogP contribution >= 0.6 is 0 Å². The number of nitrogens with one attached hydrogen (secondary N) is 1. The Morgan fingerprint density at radius 3 is 2.50 bits per heavy atom. The van der Waals surface area contributed by atoms with Crippen LogP contribution in [0, 0.1) is 11.7 Å². The number of carbonyl (C=O) groups excluding carboxylic acids is 1. The van der Waals surface area contributed by atoms with Crippen LogP contribution in [-0.2, 0) is 6.54 Å². The van der Waals surface area contributed by atoms with Crippen molar-refractivity contribution in [2.75, 3.05) is 18.4 Å². The molecule has 6 heteroatoms. The minimum atomic E-state index is -0.312. The number of likely N-dealkylation sites (tertiary alicyclic amines) is 1. The van der Waals surface area contributed by atoms with E-state index < -0.39 is 0 Å². The van der Waals surface area contributed by atoms with E-state index >= 15 is 0 Å². The molecule has 2 aromatic carbocycles. The van der Waals surface area contributed by atoms with Gasteiger partial charge in [-0.1, -0.05) is 30.3 Å². The molecule has 144 valence electrons. The van der Waals surface area contributed by atoms with Crippen LogP contribution in [0.1, 0.15) is 12.8 Å². The highest BCUT2D eigenvalue weighted by Crippen LogP contribution is 2.23. The minimum absolute atomic E-state index is 0.127. The summed E-state index contributed by atoms with van der Waals surface area (Å²) >= 11 is 0. The first-order chi connectivity index (χ1) is 13.7. The van der Waals surface area contributed by atoms with Crippen molar-refractivity contribution < 1.29 is 9.18 Å². The second kappa shape index (κ2) is 8.25. The number of halogens is 1. The van der Waals surface area contributed by atoms with Crippen molar-refractivity contribution in [3.05, 3.63) is 72.8 Å². The molecule has 3 aromatic rings. The molecule has 0 aliphatic carbocycles. The normalized spacial score (nSPS) is 14.8. The molecule has 1 saturated heterocycles. The number of urea groups is 1. The van der Waals surface area contributed by atoms with Gasteiger partial charge in [-0.05, 0) is 43.0 Å². The number of aromatic nitrogens is 2. The fraction of sp³-hybridized carbons (Fsp3) is 0.273. The Labute approximate surface area is 163 Å². The molecule has 1 fully saturated rings. The molecule has 0 atom stereocenters. The Morgan fingerprint density at radius 2 is 1.79 bits per heavy atom. The highest BCUT2D eigenvalue weighted by atomic mass is 19.1. The number of carbonyl (C=O) groups is 1. The maximum atomic E-state index is 13.0. The first-order valence-electron chi connectivity index (χ1n) is 9.57. The first kappa shape index (κ1) is 18.2. The molecule has 5 nitrogen and oxygen atoms in total. The van der Waals surface area contributed by atoms with Crippen LogP contribution in [-0.4, -0.2) is 33.6 Å². The zero-order valence-electron chi connectivity index (χ0n) is 15.6. The third-order valence-electron chi connectivity index (χ3n) is 5.20. The van der Waals surface area contributed by atoms with E-state index in [9.17, 15) is 9.18 Å². The molecule has 2 amide bonds. The second-order valence-electron chi connectivity index (χ2n) is 7.14. The fourth-order valence-electron chi connectivity index (χ4n) is 3.64. The molecule has 0 bridgehead atoms. The highest BCUT2D eigenvalue weighted by molar-refractivity contribution is 5.89. The average Bonchev–Trinajstić information content (AvgIpc) is 3.19. The van der Waals surface area contributed by atoms with E-state index in [4.69, 9.17) is 0 Å². The van der Waals surface area contributed by atoms with Crippen molar-refractivity contribution in [1.29, 1.82) is 0 Å². The van der Waals surface area contributed by atoms with Crippen LogP contribution < -0.4 is 5.32 Å². The number of nitrogens with zero attached hydrogens (tertiary/aromatic N) is 3. The SMILES string of the molecule is O=C(Nc1ccc(F)cc1)N1CCC(Cn2ccnc2-c2ccccc2)CC1. The van der Waals surface area contributed by atoms with Crippen LogP contribution in [0.3, 0.4) is 0 Å². The monoisotopic (exact) mass is 378 g/mol. The van der Waals surface area contributed by atoms with Gasteiger partial charge in [0, 0.05) is 43.3 Å². The zero-order valence-corrected chi connectivity index (χ0v) is 15.6. The van der Waals surface area contributed by atoms with Crippen molar-refractivity contribution in [3.8, 4) is 11.4 Å². The maximum Gasteiger partial charge on any atom is 0.321 e. The van der Waals surface area contributed by atoms with Crippen LogP contribution in [0.4, 0.5) is 14.9 Å². The van der Waals surface area contributed by atoms with Crippen molar-refractivity contribution in [1.82, 2.24) is 14.5 Å². The van der Waals surface area contributed by atoms with Gasteiger partial charge in [0.15, 0.2) is 0 Å². The molecule has 0 unspecified atom stereocenters. The molecule has 0 spiro atoms. The molecule has 28 heavy (non-hydrogen) atoms.